The molecule has 0 amide bonds. The normalized spacial score (nSPS) is 11.3. The molecule has 0 saturated carbocycles. The summed E-state index contributed by atoms with van der Waals surface area (Å²) in [6.45, 7) is -1.35. The van der Waals surface area contributed by atoms with E-state index in [2.05, 4.69) is 9.46 Å². The lowest BCUT2D eigenvalue weighted by Crippen LogP contribution is -2.13. The molecule has 0 unspecified atom stereocenters. The van der Waals surface area contributed by atoms with Crippen molar-refractivity contribution < 1.29 is 26.7 Å². The highest BCUT2D eigenvalue weighted by atomic mass is 32.2. The van der Waals surface area contributed by atoms with Gasteiger partial charge in [-0.25, -0.2) is 8.42 Å². The lowest BCUT2D eigenvalue weighted by molar-refractivity contribution is -0.0498. The maximum absolute atomic E-state index is 12.3. The van der Waals surface area contributed by atoms with Crippen LogP contribution >= 0.6 is 0 Å². The Morgan fingerprint density at radius 1 is 1.04 bits per heavy atom. The van der Waals surface area contributed by atoms with Gasteiger partial charge in [0, 0.05) is 0 Å². The SMILES string of the molecule is COc1ccc(S(=O)(=O)Nc2ccc(OC(F)F)cc2C)cc1. The predicted octanol–water partition coefficient (Wildman–Crippen LogP) is 3.41. The van der Waals surface area contributed by atoms with E-state index in [0.717, 1.165) is 0 Å². The third-order valence-corrected chi connectivity index (χ3v) is 4.42. The Morgan fingerprint density at radius 3 is 2.17 bits per heavy atom. The zero-order valence-electron chi connectivity index (χ0n) is 12.4. The van der Waals surface area contributed by atoms with Crippen LogP contribution in [0.4, 0.5) is 14.5 Å². The van der Waals surface area contributed by atoms with E-state index >= 15 is 0 Å². The molecular formula is C15H15F2NO4S. The number of sulfonamides is 1. The second-order valence-corrected chi connectivity index (χ2v) is 6.32. The van der Waals surface area contributed by atoms with Crippen LogP contribution in [-0.2, 0) is 10.0 Å². The van der Waals surface area contributed by atoms with Gasteiger partial charge in [-0.15, -0.1) is 0 Å². The molecule has 2 aromatic rings. The molecule has 2 aromatic carbocycles. The fourth-order valence-electron chi connectivity index (χ4n) is 1.89. The number of hydrogen-bond donors (Lipinski definition) is 1. The van der Waals surface area contributed by atoms with Gasteiger partial charge < -0.3 is 9.47 Å². The summed E-state index contributed by atoms with van der Waals surface area (Å²) in [5.74, 6) is 0.499. The minimum absolute atomic E-state index is 0.0371. The van der Waals surface area contributed by atoms with Crippen molar-refractivity contribution in [2.24, 2.45) is 0 Å². The topological polar surface area (TPSA) is 64.6 Å². The van der Waals surface area contributed by atoms with Gasteiger partial charge in [0.1, 0.15) is 11.5 Å². The Bertz CT molecular complexity index is 777. The Balaban J connectivity index is 2.22. The summed E-state index contributed by atoms with van der Waals surface area (Å²) in [5.41, 5.74) is 0.739. The molecule has 1 N–H and O–H groups in total. The van der Waals surface area contributed by atoms with E-state index in [4.69, 9.17) is 4.74 Å². The molecule has 23 heavy (non-hydrogen) atoms. The quantitative estimate of drug-likeness (QED) is 0.873. The van der Waals surface area contributed by atoms with Gasteiger partial charge in [0.2, 0.25) is 0 Å². The molecule has 0 radical (unpaired) electrons. The van der Waals surface area contributed by atoms with E-state index in [-0.39, 0.29) is 16.3 Å². The van der Waals surface area contributed by atoms with Crippen molar-refractivity contribution in [1.29, 1.82) is 0 Å². The van der Waals surface area contributed by atoms with E-state index in [1.165, 1.54) is 49.6 Å². The van der Waals surface area contributed by atoms with Crippen LogP contribution in [-0.4, -0.2) is 22.1 Å². The molecule has 0 bridgehead atoms. The number of nitrogens with one attached hydrogen (secondary N) is 1. The minimum atomic E-state index is -3.79. The van der Waals surface area contributed by atoms with Crippen molar-refractivity contribution in [3.8, 4) is 11.5 Å². The van der Waals surface area contributed by atoms with Gasteiger partial charge in [0.25, 0.3) is 10.0 Å². The molecule has 0 aliphatic carbocycles. The number of ether oxygens (including phenoxy) is 2. The van der Waals surface area contributed by atoms with Crippen LogP contribution in [0.3, 0.4) is 0 Å². The maximum Gasteiger partial charge on any atom is 0.387 e. The number of aryl methyl sites for hydroxylation is 1. The Morgan fingerprint density at radius 2 is 1.65 bits per heavy atom. The molecule has 5 nitrogen and oxygen atoms in total. The van der Waals surface area contributed by atoms with E-state index in [9.17, 15) is 17.2 Å². The summed E-state index contributed by atoms with van der Waals surface area (Å²) in [5, 5.41) is 0. The van der Waals surface area contributed by atoms with E-state index < -0.39 is 16.6 Å². The van der Waals surface area contributed by atoms with Crippen LogP contribution in [0, 0.1) is 6.92 Å². The van der Waals surface area contributed by atoms with Crippen LogP contribution in [0.1, 0.15) is 5.56 Å². The largest absolute Gasteiger partial charge is 0.497 e. The van der Waals surface area contributed by atoms with Crippen molar-refractivity contribution >= 4 is 15.7 Å². The first kappa shape index (κ1) is 17.0. The molecular weight excluding hydrogens is 328 g/mol. The molecule has 0 aliphatic heterocycles. The van der Waals surface area contributed by atoms with Gasteiger partial charge >= 0.3 is 6.61 Å². The van der Waals surface area contributed by atoms with Crippen molar-refractivity contribution in [2.75, 3.05) is 11.8 Å². The first-order valence-electron chi connectivity index (χ1n) is 6.54. The number of rotatable bonds is 6. The fraction of sp³-hybridized carbons (Fsp3) is 0.200. The van der Waals surface area contributed by atoms with Crippen molar-refractivity contribution in [3.63, 3.8) is 0 Å². The number of hydrogen-bond acceptors (Lipinski definition) is 4. The summed E-state index contributed by atoms with van der Waals surface area (Å²) in [6.07, 6.45) is 0. The predicted molar refractivity (Wildman–Crippen MR) is 81.6 cm³/mol. The number of benzene rings is 2. The van der Waals surface area contributed by atoms with Crippen LogP contribution < -0.4 is 14.2 Å². The zero-order chi connectivity index (χ0) is 17.0. The van der Waals surface area contributed by atoms with Crippen LogP contribution in [0.25, 0.3) is 0 Å². The second kappa shape index (κ2) is 6.82. The monoisotopic (exact) mass is 343 g/mol. The minimum Gasteiger partial charge on any atom is -0.497 e. The summed E-state index contributed by atoms with van der Waals surface area (Å²) < 4.78 is 60.6. The van der Waals surface area contributed by atoms with Crippen LogP contribution in [0.2, 0.25) is 0 Å². The lowest BCUT2D eigenvalue weighted by atomic mass is 10.2. The molecule has 0 aromatic heterocycles. The summed E-state index contributed by atoms with van der Waals surface area (Å²) in [4.78, 5) is 0.0607. The lowest BCUT2D eigenvalue weighted by Gasteiger charge is -2.12. The van der Waals surface area contributed by atoms with Gasteiger partial charge in [0.15, 0.2) is 0 Å². The Kier molecular flexibility index (Phi) is 5.05. The number of anilines is 1. The molecule has 0 aliphatic rings. The standard InChI is InChI=1S/C15H15F2NO4S/c1-10-9-12(22-15(16)17)5-8-14(10)18-23(19,20)13-6-3-11(21-2)4-7-13/h3-9,15,18H,1-2H3. The number of alkyl halides is 2. The smallest absolute Gasteiger partial charge is 0.387 e. The van der Waals surface area contributed by atoms with Gasteiger partial charge in [-0.3, -0.25) is 4.72 Å². The highest BCUT2D eigenvalue weighted by Crippen LogP contribution is 2.25. The van der Waals surface area contributed by atoms with Gasteiger partial charge in [-0.05, 0) is 55.0 Å². The van der Waals surface area contributed by atoms with Gasteiger partial charge in [0.05, 0.1) is 17.7 Å². The molecule has 0 saturated heterocycles. The summed E-state index contributed by atoms with van der Waals surface area (Å²) in [6, 6.07) is 9.84. The zero-order valence-corrected chi connectivity index (χ0v) is 13.2. The second-order valence-electron chi connectivity index (χ2n) is 4.64. The van der Waals surface area contributed by atoms with Gasteiger partial charge in [-0.2, -0.15) is 8.78 Å². The van der Waals surface area contributed by atoms with E-state index in [0.29, 0.717) is 11.3 Å². The first-order chi connectivity index (χ1) is 10.8. The third kappa shape index (κ3) is 4.32. The highest BCUT2D eigenvalue weighted by Gasteiger charge is 2.16. The van der Waals surface area contributed by atoms with Crippen molar-refractivity contribution in [1.82, 2.24) is 0 Å². The van der Waals surface area contributed by atoms with Crippen LogP contribution in [0.15, 0.2) is 47.4 Å². The van der Waals surface area contributed by atoms with Crippen molar-refractivity contribution in [3.05, 3.63) is 48.0 Å². The first-order valence-corrected chi connectivity index (χ1v) is 8.02. The molecule has 8 heteroatoms. The van der Waals surface area contributed by atoms with Crippen molar-refractivity contribution in [2.45, 2.75) is 18.4 Å². The molecule has 2 rings (SSSR count). The van der Waals surface area contributed by atoms with E-state index in [1.807, 2.05) is 0 Å². The fourth-order valence-corrected chi connectivity index (χ4v) is 3.02. The third-order valence-electron chi connectivity index (χ3n) is 3.04. The molecule has 0 atom stereocenters. The van der Waals surface area contributed by atoms with Gasteiger partial charge in [-0.1, -0.05) is 0 Å². The number of methoxy groups -OCH3 is 1. The molecule has 124 valence electrons. The maximum atomic E-state index is 12.3. The average Bonchev–Trinajstić information content (AvgIpc) is 2.49. The van der Waals surface area contributed by atoms with Crippen LogP contribution in [0.5, 0.6) is 11.5 Å². The Hall–Kier alpha value is -2.35. The van der Waals surface area contributed by atoms with E-state index in [1.54, 1.807) is 6.92 Å². The average molecular weight is 343 g/mol. The molecule has 0 heterocycles. The highest BCUT2D eigenvalue weighted by molar-refractivity contribution is 7.92. The Labute approximate surface area is 132 Å². The number of halogens is 2. The molecule has 0 spiro atoms. The summed E-state index contributed by atoms with van der Waals surface area (Å²) in [7, 11) is -2.31. The summed E-state index contributed by atoms with van der Waals surface area (Å²) >= 11 is 0. The molecule has 0 fully saturated rings.